The number of hydrogen-bond acceptors (Lipinski definition) is 2. The number of pyridine rings is 1. The second kappa shape index (κ2) is 8.41. The second-order valence-corrected chi connectivity index (χ2v) is 10.7. The molecule has 0 unspecified atom stereocenters. The topological polar surface area (TPSA) is 17.8 Å². The predicted octanol–water partition coefficient (Wildman–Crippen LogP) is 9.88. The Morgan fingerprint density at radius 3 is 2.05 bits per heavy atom. The van der Waals surface area contributed by atoms with Crippen molar-refractivity contribution >= 4 is 53.4 Å². The number of hydrogen-bond donors (Lipinski definition) is 0. The molecule has 3 heteroatoms. The Bertz CT molecular complexity index is 2090. The number of aromatic nitrogens is 2. The van der Waals surface area contributed by atoms with Crippen LogP contribution in [0, 0.1) is 0 Å². The molecule has 0 aliphatic rings. The standard InChI is InChI=1S/C35H22N2S/c1-4-14-30(37-31-15-5-2-12-27(31)28-13-3-6-16-32(28)37)26(11-1)25-10-7-9-23(21-25)24-18-19-33-29(22-24)35-34(38-33)17-8-20-36-35/h1-22H. The maximum atomic E-state index is 4.67. The van der Waals surface area contributed by atoms with Gasteiger partial charge in [-0.1, -0.05) is 78.9 Å². The Balaban J connectivity index is 1.32. The maximum absolute atomic E-state index is 4.67. The summed E-state index contributed by atoms with van der Waals surface area (Å²) < 4.78 is 4.91. The van der Waals surface area contributed by atoms with Crippen molar-refractivity contribution in [3.05, 3.63) is 134 Å². The van der Waals surface area contributed by atoms with E-state index in [1.807, 2.05) is 12.3 Å². The van der Waals surface area contributed by atoms with E-state index in [1.165, 1.54) is 64.5 Å². The van der Waals surface area contributed by atoms with Crippen LogP contribution in [0.25, 0.3) is 70.0 Å². The van der Waals surface area contributed by atoms with Crippen LogP contribution in [0.3, 0.4) is 0 Å². The second-order valence-electron chi connectivity index (χ2n) is 9.63. The van der Waals surface area contributed by atoms with Gasteiger partial charge in [0.1, 0.15) is 0 Å². The highest BCUT2D eigenvalue weighted by molar-refractivity contribution is 7.25. The highest BCUT2D eigenvalue weighted by Crippen LogP contribution is 2.38. The molecule has 0 bridgehead atoms. The lowest BCUT2D eigenvalue weighted by Crippen LogP contribution is -1.97. The Hall–Kier alpha value is -4.73. The van der Waals surface area contributed by atoms with Gasteiger partial charge in [-0.05, 0) is 65.2 Å². The third-order valence-corrected chi connectivity index (χ3v) is 8.58. The van der Waals surface area contributed by atoms with Crippen molar-refractivity contribution in [3.8, 4) is 27.9 Å². The summed E-state index contributed by atoms with van der Waals surface area (Å²) in [5, 5.41) is 3.77. The van der Waals surface area contributed by atoms with E-state index in [2.05, 4.69) is 131 Å². The van der Waals surface area contributed by atoms with Crippen molar-refractivity contribution in [2.45, 2.75) is 0 Å². The van der Waals surface area contributed by atoms with E-state index in [4.69, 9.17) is 0 Å². The smallest absolute Gasteiger partial charge is 0.0888 e. The molecule has 2 nitrogen and oxygen atoms in total. The van der Waals surface area contributed by atoms with Crippen LogP contribution in [0.1, 0.15) is 0 Å². The van der Waals surface area contributed by atoms with Gasteiger partial charge in [-0.15, -0.1) is 11.3 Å². The molecule has 0 aliphatic carbocycles. The number of rotatable bonds is 3. The highest BCUT2D eigenvalue weighted by atomic mass is 32.1. The van der Waals surface area contributed by atoms with Gasteiger partial charge in [0.05, 0.1) is 26.9 Å². The van der Waals surface area contributed by atoms with Gasteiger partial charge in [0.15, 0.2) is 0 Å². The molecule has 0 aliphatic heterocycles. The summed E-state index contributed by atoms with van der Waals surface area (Å²) in [4.78, 5) is 4.67. The Morgan fingerprint density at radius 2 is 1.21 bits per heavy atom. The van der Waals surface area contributed by atoms with E-state index < -0.39 is 0 Å². The van der Waals surface area contributed by atoms with E-state index in [0.29, 0.717) is 0 Å². The maximum Gasteiger partial charge on any atom is 0.0888 e. The zero-order chi connectivity index (χ0) is 25.1. The Kier molecular flexibility index (Phi) is 4.73. The van der Waals surface area contributed by atoms with Gasteiger partial charge in [-0.25, -0.2) is 0 Å². The fourth-order valence-corrected chi connectivity index (χ4v) is 6.78. The lowest BCUT2D eigenvalue weighted by molar-refractivity contribution is 1.18. The monoisotopic (exact) mass is 502 g/mol. The van der Waals surface area contributed by atoms with Gasteiger partial charge in [0.25, 0.3) is 0 Å². The zero-order valence-electron chi connectivity index (χ0n) is 20.5. The van der Waals surface area contributed by atoms with Crippen LogP contribution in [-0.4, -0.2) is 9.55 Å². The molecule has 3 heterocycles. The first-order valence-corrected chi connectivity index (χ1v) is 13.6. The molecule has 0 radical (unpaired) electrons. The minimum atomic E-state index is 1.09. The van der Waals surface area contributed by atoms with Gasteiger partial charge < -0.3 is 4.57 Å². The largest absolute Gasteiger partial charge is 0.309 e. The van der Waals surface area contributed by atoms with Gasteiger partial charge in [-0.3, -0.25) is 4.98 Å². The lowest BCUT2D eigenvalue weighted by atomic mass is 9.97. The Morgan fingerprint density at radius 1 is 0.500 bits per heavy atom. The van der Waals surface area contributed by atoms with Crippen molar-refractivity contribution in [2.24, 2.45) is 0 Å². The summed E-state index contributed by atoms with van der Waals surface area (Å²) in [6.07, 6.45) is 1.88. The Labute approximate surface area is 224 Å². The summed E-state index contributed by atoms with van der Waals surface area (Å²) in [6.45, 7) is 0. The van der Waals surface area contributed by atoms with Crippen molar-refractivity contribution in [1.29, 1.82) is 0 Å². The van der Waals surface area contributed by atoms with E-state index in [0.717, 1.165) is 5.52 Å². The zero-order valence-corrected chi connectivity index (χ0v) is 21.3. The van der Waals surface area contributed by atoms with Gasteiger partial charge in [-0.2, -0.15) is 0 Å². The molecule has 0 amide bonds. The summed E-state index contributed by atoms with van der Waals surface area (Å²) in [5.74, 6) is 0. The van der Waals surface area contributed by atoms with Gasteiger partial charge >= 0.3 is 0 Å². The molecule has 0 atom stereocenters. The quantitative estimate of drug-likeness (QED) is 0.235. The number of thiophene rings is 1. The van der Waals surface area contributed by atoms with Gasteiger partial charge in [0, 0.05) is 32.6 Å². The molecule has 38 heavy (non-hydrogen) atoms. The van der Waals surface area contributed by atoms with Crippen LogP contribution in [0.2, 0.25) is 0 Å². The minimum Gasteiger partial charge on any atom is -0.309 e. The summed E-state index contributed by atoms with van der Waals surface area (Å²) in [7, 11) is 0. The van der Waals surface area contributed by atoms with Crippen molar-refractivity contribution in [1.82, 2.24) is 9.55 Å². The normalized spacial score (nSPS) is 11.7. The highest BCUT2D eigenvalue weighted by Gasteiger charge is 2.15. The third-order valence-electron chi connectivity index (χ3n) is 7.46. The molecule has 8 rings (SSSR count). The fourth-order valence-electron chi connectivity index (χ4n) is 5.74. The van der Waals surface area contributed by atoms with E-state index in [1.54, 1.807) is 11.3 Å². The SMILES string of the molecule is c1cc(-c2ccc3sc4cccnc4c3c2)cc(-c2ccccc2-n2c3ccccc3c3ccccc32)c1. The van der Waals surface area contributed by atoms with Crippen LogP contribution in [0.4, 0.5) is 0 Å². The molecule has 0 saturated carbocycles. The predicted molar refractivity (Wildman–Crippen MR) is 162 cm³/mol. The average Bonchev–Trinajstić information content (AvgIpc) is 3.53. The summed E-state index contributed by atoms with van der Waals surface area (Å²) >= 11 is 1.80. The number of nitrogens with zero attached hydrogens (tertiary/aromatic N) is 2. The van der Waals surface area contributed by atoms with E-state index in [9.17, 15) is 0 Å². The molecular weight excluding hydrogens is 480 g/mol. The van der Waals surface area contributed by atoms with Crippen LogP contribution in [-0.2, 0) is 0 Å². The van der Waals surface area contributed by atoms with E-state index in [-0.39, 0.29) is 0 Å². The first kappa shape index (κ1) is 21.4. The number of benzene rings is 5. The lowest BCUT2D eigenvalue weighted by Gasteiger charge is -2.15. The molecule has 5 aromatic carbocycles. The first-order chi connectivity index (χ1) is 18.8. The summed E-state index contributed by atoms with van der Waals surface area (Å²) in [5.41, 5.74) is 9.54. The van der Waals surface area contributed by atoms with Crippen LogP contribution in [0.15, 0.2) is 134 Å². The number of fused-ring (bicyclic) bond motifs is 6. The third kappa shape index (κ3) is 3.22. The first-order valence-electron chi connectivity index (χ1n) is 12.8. The van der Waals surface area contributed by atoms with Crippen LogP contribution in [0.5, 0.6) is 0 Å². The number of para-hydroxylation sites is 3. The molecular formula is C35H22N2S. The molecule has 178 valence electrons. The summed E-state index contributed by atoms with van der Waals surface area (Å²) in [6, 6.07) is 45.9. The molecule has 3 aromatic heterocycles. The minimum absolute atomic E-state index is 1.09. The molecule has 0 saturated heterocycles. The molecule has 0 fully saturated rings. The molecule has 0 N–H and O–H groups in total. The average molecular weight is 503 g/mol. The van der Waals surface area contributed by atoms with Crippen LogP contribution >= 0.6 is 11.3 Å². The molecule has 8 aromatic rings. The molecule has 0 spiro atoms. The fraction of sp³-hybridized carbons (Fsp3) is 0. The van der Waals surface area contributed by atoms with Gasteiger partial charge in [0.2, 0.25) is 0 Å². The van der Waals surface area contributed by atoms with Crippen molar-refractivity contribution < 1.29 is 0 Å². The van der Waals surface area contributed by atoms with Crippen molar-refractivity contribution in [3.63, 3.8) is 0 Å². The van der Waals surface area contributed by atoms with Crippen molar-refractivity contribution in [2.75, 3.05) is 0 Å². The van der Waals surface area contributed by atoms with Crippen LogP contribution < -0.4 is 0 Å². The van der Waals surface area contributed by atoms with E-state index >= 15 is 0 Å².